The summed E-state index contributed by atoms with van der Waals surface area (Å²) in [6.07, 6.45) is 2.80. The van der Waals surface area contributed by atoms with E-state index in [4.69, 9.17) is 4.74 Å². The van der Waals surface area contributed by atoms with Crippen molar-refractivity contribution in [3.8, 4) is 0 Å². The van der Waals surface area contributed by atoms with Crippen LogP contribution in [0.25, 0.3) is 0 Å². The number of hydrogen-bond acceptors (Lipinski definition) is 6. The van der Waals surface area contributed by atoms with Crippen molar-refractivity contribution in [2.75, 3.05) is 32.7 Å². The van der Waals surface area contributed by atoms with Gasteiger partial charge in [0.15, 0.2) is 5.78 Å². The molecule has 0 amide bonds. The SMILES string of the molecule is CCN1CCCC(OC(=O)C2CCN(S(=O)(=O)c3ccc(C(C)=O)cc3)CC2)C1. The van der Waals surface area contributed by atoms with Crippen LogP contribution in [0.2, 0.25) is 0 Å². The van der Waals surface area contributed by atoms with Crippen molar-refractivity contribution in [1.82, 2.24) is 9.21 Å². The highest BCUT2D eigenvalue weighted by molar-refractivity contribution is 7.89. The second kappa shape index (κ2) is 9.36. The summed E-state index contributed by atoms with van der Waals surface area (Å²) in [5.41, 5.74) is 0.481. The number of likely N-dealkylation sites (tertiary alicyclic amines) is 1. The summed E-state index contributed by atoms with van der Waals surface area (Å²) in [6.45, 7) is 6.93. The monoisotopic (exact) mass is 422 g/mol. The smallest absolute Gasteiger partial charge is 0.309 e. The highest BCUT2D eigenvalue weighted by Gasteiger charge is 2.34. The predicted octanol–water partition coefficient (Wildman–Crippen LogP) is 2.32. The molecule has 2 aliphatic heterocycles. The summed E-state index contributed by atoms with van der Waals surface area (Å²) < 4.78 is 32.8. The molecule has 0 aliphatic carbocycles. The lowest BCUT2D eigenvalue weighted by Crippen LogP contribution is -2.43. The standard InChI is InChI=1S/C21H30N2O5S/c1-3-22-12-4-5-19(15-22)28-21(25)18-10-13-23(14-11-18)29(26,27)20-8-6-17(7-9-20)16(2)24/h6-9,18-19H,3-5,10-15H2,1-2H3. The Bertz CT molecular complexity index is 829. The number of carbonyl (C=O) groups is 2. The molecule has 3 rings (SSSR count). The first-order valence-electron chi connectivity index (χ1n) is 10.3. The van der Waals surface area contributed by atoms with Gasteiger partial charge in [-0.05, 0) is 57.8 Å². The van der Waals surface area contributed by atoms with Crippen molar-refractivity contribution >= 4 is 21.8 Å². The molecule has 0 spiro atoms. The summed E-state index contributed by atoms with van der Waals surface area (Å²) in [4.78, 5) is 26.4. The number of esters is 1. The van der Waals surface area contributed by atoms with Gasteiger partial charge in [0.05, 0.1) is 10.8 Å². The predicted molar refractivity (Wildman–Crippen MR) is 109 cm³/mol. The number of piperidine rings is 2. The molecule has 0 bridgehead atoms. The first kappa shape index (κ1) is 21.9. The van der Waals surface area contributed by atoms with Crippen LogP contribution >= 0.6 is 0 Å². The van der Waals surface area contributed by atoms with Gasteiger partial charge in [-0.25, -0.2) is 8.42 Å². The molecule has 29 heavy (non-hydrogen) atoms. The molecule has 2 saturated heterocycles. The zero-order chi connectivity index (χ0) is 21.0. The first-order valence-corrected chi connectivity index (χ1v) is 11.8. The lowest BCUT2D eigenvalue weighted by atomic mass is 9.98. The summed E-state index contributed by atoms with van der Waals surface area (Å²) in [7, 11) is -3.63. The third-order valence-electron chi connectivity index (χ3n) is 5.88. The molecule has 0 saturated carbocycles. The molecule has 2 fully saturated rings. The minimum Gasteiger partial charge on any atom is -0.461 e. The molecule has 1 atom stereocenters. The molecule has 0 N–H and O–H groups in total. The molecule has 7 nitrogen and oxygen atoms in total. The lowest BCUT2D eigenvalue weighted by molar-refractivity contribution is -0.158. The van der Waals surface area contributed by atoms with E-state index in [1.54, 1.807) is 0 Å². The van der Waals surface area contributed by atoms with Gasteiger partial charge in [-0.2, -0.15) is 4.31 Å². The molecular weight excluding hydrogens is 392 g/mol. The van der Waals surface area contributed by atoms with Crippen molar-refractivity contribution < 1.29 is 22.7 Å². The largest absolute Gasteiger partial charge is 0.461 e. The van der Waals surface area contributed by atoms with Crippen LogP contribution in [-0.4, -0.2) is 68.2 Å². The van der Waals surface area contributed by atoms with Gasteiger partial charge in [-0.1, -0.05) is 19.1 Å². The van der Waals surface area contributed by atoms with E-state index in [9.17, 15) is 18.0 Å². The van der Waals surface area contributed by atoms with E-state index in [1.807, 2.05) is 0 Å². The fraction of sp³-hybridized carbons (Fsp3) is 0.619. The van der Waals surface area contributed by atoms with Crippen molar-refractivity contribution in [3.05, 3.63) is 29.8 Å². The van der Waals surface area contributed by atoms with Crippen LogP contribution in [0.3, 0.4) is 0 Å². The number of rotatable bonds is 6. The lowest BCUT2D eigenvalue weighted by Gasteiger charge is -2.34. The van der Waals surface area contributed by atoms with E-state index >= 15 is 0 Å². The van der Waals surface area contributed by atoms with E-state index in [0.717, 1.165) is 32.5 Å². The number of benzene rings is 1. The quantitative estimate of drug-likeness (QED) is 0.517. The average molecular weight is 423 g/mol. The number of carbonyl (C=O) groups excluding carboxylic acids is 2. The van der Waals surface area contributed by atoms with Crippen LogP contribution in [0.5, 0.6) is 0 Å². The van der Waals surface area contributed by atoms with Gasteiger partial charge in [-0.3, -0.25) is 14.5 Å². The molecule has 1 aromatic rings. The van der Waals surface area contributed by atoms with Gasteiger partial charge in [0, 0.05) is 25.2 Å². The Morgan fingerprint density at radius 1 is 1.07 bits per heavy atom. The van der Waals surface area contributed by atoms with Crippen molar-refractivity contribution in [3.63, 3.8) is 0 Å². The number of hydrogen-bond donors (Lipinski definition) is 0. The van der Waals surface area contributed by atoms with Crippen LogP contribution in [0.4, 0.5) is 0 Å². The van der Waals surface area contributed by atoms with Gasteiger partial charge in [0.25, 0.3) is 0 Å². The number of ketones is 1. The Labute approximate surface area is 173 Å². The second-order valence-corrected chi connectivity index (χ2v) is 9.79. The molecule has 0 radical (unpaired) electrons. The zero-order valence-electron chi connectivity index (χ0n) is 17.2. The number of likely N-dealkylation sites (N-methyl/N-ethyl adjacent to an activating group) is 1. The molecule has 1 unspecified atom stereocenters. The first-order chi connectivity index (χ1) is 13.8. The number of sulfonamides is 1. The number of Topliss-reactive ketones (excluding diaryl/α,β-unsaturated/α-hetero) is 1. The second-order valence-electron chi connectivity index (χ2n) is 7.85. The van der Waals surface area contributed by atoms with Gasteiger partial charge in [0.2, 0.25) is 10.0 Å². The molecule has 2 heterocycles. The average Bonchev–Trinajstić information content (AvgIpc) is 2.74. The third kappa shape index (κ3) is 5.24. The van der Waals surface area contributed by atoms with E-state index in [2.05, 4.69) is 11.8 Å². The van der Waals surface area contributed by atoms with Gasteiger partial charge < -0.3 is 4.74 Å². The van der Waals surface area contributed by atoms with Crippen LogP contribution in [0.15, 0.2) is 29.2 Å². The summed E-state index contributed by atoms with van der Waals surface area (Å²) in [5.74, 6) is -0.553. The Balaban J connectivity index is 1.55. The number of nitrogens with zero attached hydrogens (tertiary/aromatic N) is 2. The fourth-order valence-electron chi connectivity index (χ4n) is 4.00. The van der Waals surface area contributed by atoms with E-state index < -0.39 is 10.0 Å². The molecule has 0 aromatic heterocycles. The Morgan fingerprint density at radius 2 is 1.72 bits per heavy atom. The Hall–Kier alpha value is -1.77. The summed E-state index contributed by atoms with van der Waals surface area (Å²) in [6, 6.07) is 6.00. The van der Waals surface area contributed by atoms with Gasteiger partial charge >= 0.3 is 5.97 Å². The topological polar surface area (TPSA) is 84.0 Å². The highest BCUT2D eigenvalue weighted by Crippen LogP contribution is 2.26. The number of ether oxygens (including phenoxy) is 1. The normalized spacial score (nSPS) is 22.3. The highest BCUT2D eigenvalue weighted by atomic mass is 32.2. The molecule has 1 aromatic carbocycles. The van der Waals surface area contributed by atoms with Crippen LogP contribution in [-0.2, 0) is 19.6 Å². The minimum absolute atomic E-state index is 0.0576. The van der Waals surface area contributed by atoms with Crippen LogP contribution in [0.1, 0.15) is 49.9 Å². The van der Waals surface area contributed by atoms with Crippen molar-refractivity contribution in [1.29, 1.82) is 0 Å². The summed E-state index contributed by atoms with van der Waals surface area (Å²) >= 11 is 0. The summed E-state index contributed by atoms with van der Waals surface area (Å²) in [5, 5.41) is 0. The zero-order valence-corrected chi connectivity index (χ0v) is 18.0. The van der Waals surface area contributed by atoms with E-state index in [-0.39, 0.29) is 28.7 Å². The maximum absolute atomic E-state index is 12.9. The fourth-order valence-corrected chi connectivity index (χ4v) is 5.47. The van der Waals surface area contributed by atoms with Gasteiger partial charge in [-0.15, -0.1) is 0 Å². The molecule has 2 aliphatic rings. The minimum atomic E-state index is -3.63. The van der Waals surface area contributed by atoms with Gasteiger partial charge in [0.1, 0.15) is 6.10 Å². The maximum Gasteiger partial charge on any atom is 0.309 e. The van der Waals surface area contributed by atoms with Crippen LogP contribution in [0, 0.1) is 5.92 Å². The van der Waals surface area contributed by atoms with Crippen LogP contribution < -0.4 is 0 Å². The van der Waals surface area contributed by atoms with Crippen molar-refractivity contribution in [2.45, 2.75) is 50.5 Å². The van der Waals surface area contributed by atoms with E-state index in [1.165, 1.54) is 35.5 Å². The maximum atomic E-state index is 12.9. The van der Waals surface area contributed by atoms with Crippen molar-refractivity contribution in [2.24, 2.45) is 5.92 Å². The third-order valence-corrected chi connectivity index (χ3v) is 7.79. The van der Waals surface area contributed by atoms with E-state index in [0.29, 0.717) is 31.5 Å². The Morgan fingerprint density at radius 3 is 2.31 bits per heavy atom. The molecule has 8 heteroatoms. The molecular formula is C21H30N2O5S. The Kier molecular flexibility index (Phi) is 7.08. The molecule has 160 valence electrons.